The minimum atomic E-state index is -1.13. The summed E-state index contributed by atoms with van der Waals surface area (Å²) >= 11 is 0. The Hall–Kier alpha value is -3.55. The molecule has 5 rings (SSSR count). The molecule has 184 valence electrons. The van der Waals surface area contributed by atoms with Gasteiger partial charge in [0.1, 0.15) is 11.9 Å². The van der Waals surface area contributed by atoms with Crippen LogP contribution in [0.1, 0.15) is 66.1 Å². The second-order valence-corrected chi connectivity index (χ2v) is 9.43. The zero-order chi connectivity index (χ0) is 24.2. The molecule has 0 bridgehead atoms. The van der Waals surface area contributed by atoms with E-state index in [-0.39, 0.29) is 17.7 Å². The number of carbonyl (C=O) groups is 1. The first-order valence-electron chi connectivity index (χ1n) is 12.4. The van der Waals surface area contributed by atoms with E-state index in [0.717, 1.165) is 50.1 Å². The number of carboxylic acid groups (broad SMARTS) is 1. The lowest BCUT2D eigenvalue weighted by Crippen LogP contribution is -2.25. The molecule has 1 N–H and O–H groups in total. The lowest BCUT2D eigenvalue weighted by atomic mass is 9.82. The van der Waals surface area contributed by atoms with Crippen LogP contribution in [0, 0.1) is 0 Å². The van der Waals surface area contributed by atoms with E-state index in [1.54, 1.807) is 7.11 Å². The van der Waals surface area contributed by atoms with Crippen molar-refractivity contribution in [3.05, 3.63) is 65.4 Å². The first-order valence-corrected chi connectivity index (χ1v) is 12.4. The molecule has 0 amide bonds. The van der Waals surface area contributed by atoms with Crippen LogP contribution < -0.4 is 14.4 Å². The largest absolute Gasteiger partial charge is 0.497 e. The summed E-state index contributed by atoms with van der Waals surface area (Å²) in [6.07, 6.45) is 6.26. The van der Waals surface area contributed by atoms with Gasteiger partial charge >= 0.3 is 5.97 Å². The fourth-order valence-electron chi connectivity index (χ4n) is 5.17. The molecule has 8 nitrogen and oxygen atoms in total. The second-order valence-electron chi connectivity index (χ2n) is 9.43. The summed E-state index contributed by atoms with van der Waals surface area (Å²) in [5.74, 6) is 0.362. The van der Waals surface area contributed by atoms with Gasteiger partial charge in [-0.05, 0) is 79.8 Å². The first kappa shape index (κ1) is 23.2. The van der Waals surface area contributed by atoms with E-state index in [2.05, 4.69) is 39.5 Å². The zero-order valence-corrected chi connectivity index (χ0v) is 20.1. The Labute approximate surface area is 205 Å². The van der Waals surface area contributed by atoms with Gasteiger partial charge in [-0.1, -0.05) is 29.5 Å². The smallest absolute Gasteiger partial charge is 0.362 e. The van der Waals surface area contributed by atoms with Gasteiger partial charge in [0.2, 0.25) is 11.6 Å². The standard InChI is InChI=1S/C27H32N4O4/c1-34-23-12-4-19(5-13-23)18-31-26(25(27(32)33)28-29-31)35-24-14-8-21(9-15-24)20-6-10-22(11-7-20)30-16-2-3-17-30/h4-7,10-13,21,24H,2-3,8-9,14-18H2,1H3,(H,32,33)/t21-,24+. The molecule has 2 fully saturated rings. The maximum absolute atomic E-state index is 11.8. The Kier molecular flexibility index (Phi) is 6.88. The quantitative estimate of drug-likeness (QED) is 0.502. The van der Waals surface area contributed by atoms with Crippen LogP contribution in [0.4, 0.5) is 5.69 Å². The predicted molar refractivity (Wildman–Crippen MR) is 133 cm³/mol. The molecule has 1 saturated heterocycles. The van der Waals surface area contributed by atoms with E-state index < -0.39 is 5.97 Å². The number of aromatic carboxylic acids is 1. The molecule has 0 spiro atoms. The Balaban J connectivity index is 1.22. The normalized spacial score (nSPS) is 20.1. The van der Waals surface area contributed by atoms with Crippen LogP contribution in [0.15, 0.2) is 48.5 Å². The van der Waals surface area contributed by atoms with Crippen molar-refractivity contribution in [2.75, 3.05) is 25.1 Å². The molecular formula is C27H32N4O4. The molecule has 0 radical (unpaired) electrons. The molecule has 3 aromatic rings. The van der Waals surface area contributed by atoms with Crippen LogP contribution in [0.5, 0.6) is 11.6 Å². The highest BCUT2D eigenvalue weighted by Gasteiger charge is 2.28. The summed E-state index contributed by atoms with van der Waals surface area (Å²) in [7, 11) is 1.62. The Morgan fingerprint density at radius 3 is 2.31 bits per heavy atom. The molecule has 8 heteroatoms. The van der Waals surface area contributed by atoms with Gasteiger partial charge in [0, 0.05) is 18.8 Å². The van der Waals surface area contributed by atoms with Crippen LogP contribution in [-0.2, 0) is 6.54 Å². The van der Waals surface area contributed by atoms with Gasteiger partial charge in [-0.2, -0.15) is 0 Å². The third-order valence-corrected chi connectivity index (χ3v) is 7.17. The van der Waals surface area contributed by atoms with Crippen molar-refractivity contribution in [2.45, 2.75) is 57.1 Å². The van der Waals surface area contributed by atoms with Crippen molar-refractivity contribution >= 4 is 11.7 Å². The minimum Gasteiger partial charge on any atom is -0.497 e. The van der Waals surface area contributed by atoms with E-state index in [4.69, 9.17) is 9.47 Å². The van der Waals surface area contributed by atoms with E-state index in [9.17, 15) is 9.90 Å². The number of hydrogen-bond donors (Lipinski definition) is 1. The number of hydrogen-bond acceptors (Lipinski definition) is 6. The average molecular weight is 477 g/mol. The van der Waals surface area contributed by atoms with Crippen molar-refractivity contribution in [3.8, 4) is 11.6 Å². The van der Waals surface area contributed by atoms with Crippen LogP contribution in [0.3, 0.4) is 0 Å². The van der Waals surface area contributed by atoms with Gasteiger partial charge < -0.3 is 19.5 Å². The van der Waals surface area contributed by atoms with Gasteiger partial charge in [-0.3, -0.25) is 0 Å². The number of aromatic nitrogens is 3. The highest BCUT2D eigenvalue weighted by molar-refractivity contribution is 5.87. The van der Waals surface area contributed by atoms with Gasteiger partial charge in [-0.25, -0.2) is 9.48 Å². The summed E-state index contributed by atoms with van der Waals surface area (Å²) in [5.41, 5.74) is 3.52. The van der Waals surface area contributed by atoms with Crippen LogP contribution in [0.25, 0.3) is 0 Å². The topological polar surface area (TPSA) is 89.7 Å². The maximum atomic E-state index is 11.8. The maximum Gasteiger partial charge on any atom is 0.362 e. The summed E-state index contributed by atoms with van der Waals surface area (Å²) in [5, 5.41) is 17.6. The monoisotopic (exact) mass is 476 g/mol. The van der Waals surface area contributed by atoms with E-state index >= 15 is 0 Å². The number of ether oxygens (including phenoxy) is 2. The summed E-state index contributed by atoms with van der Waals surface area (Å²) in [4.78, 5) is 14.2. The van der Waals surface area contributed by atoms with Crippen molar-refractivity contribution in [2.24, 2.45) is 0 Å². The molecule has 0 unspecified atom stereocenters. The predicted octanol–water partition coefficient (Wildman–Crippen LogP) is 4.74. The number of nitrogens with zero attached hydrogens (tertiary/aromatic N) is 4. The Morgan fingerprint density at radius 2 is 1.69 bits per heavy atom. The van der Waals surface area contributed by atoms with Gasteiger partial charge in [0.25, 0.3) is 0 Å². The lowest BCUT2D eigenvalue weighted by Gasteiger charge is -2.29. The molecular weight excluding hydrogens is 444 g/mol. The highest BCUT2D eigenvalue weighted by atomic mass is 16.5. The molecule has 1 aliphatic carbocycles. The van der Waals surface area contributed by atoms with Gasteiger partial charge in [-0.15, -0.1) is 5.10 Å². The number of carboxylic acids is 1. The fourth-order valence-corrected chi connectivity index (χ4v) is 5.17. The van der Waals surface area contributed by atoms with Crippen molar-refractivity contribution < 1.29 is 19.4 Å². The molecule has 1 aromatic heterocycles. The molecule has 0 atom stereocenters. The Morgan fingerprint density at radius 1 is 1.00 bits per heavy atom. The summed E-state index contributed by atoms with van der Waals surface area (Å²) in [6.45, 7) is 2.69. The fraction of sp³-hybridized carbons (Fsp3) is 0.444. The zero-order valence-electron chi connectivity index (χ0n) is 20.1. The molecule has 35 heavy (non-hydrogen) atoms. The summed E-state index contributed by atoms with van der Waals surface area (Å²) < 4.78 is 13.0. The van der Waals surface area contributed by atoms with Crippen molar-refractivity contribution in [1.82, 2.24) is 15.0 Å². The average Bonchev–Trinajstić information content (AvgIpc) is 3.56. The number of anilines is 1. The highest BCUT2D eigenvalue weighted by Crippen LogP contribution is 2.36. The lowest BCUT2D eigenvalue weighted by molar-refractivity contribution is 0.0676. The van der Waals surface area contributed by atoms with Gasteiger partial charge in [0.15, 0.2) is 0 Å². The number of rotatable bonds is 8. The van der Waals surface area contributed by atoms with Crippen LogP contribution in [0.2, 0.25) is 0 Å². The minimum absolute atomic E-state index is 0.0543. The number of benzene rings is 2. The van der Waals surface area contributed by atoms with E-state index in [1.807, 2.05) is 24.3 Å². The van der Waals surface area contributed by atoms with E-state index in [1.165, 1.54) is 28.8 Å². The molecule has 2 aliphatic rings. The third kappa shape index (κ3) is 5.26. The SMILES string of the molecule is COc1ccc(Cn2nnc(C(=O)O)c2O[C@H]2CC[C@@H](c3ccc(N4CCCC4)cc3)CC2)cc1. The molecule has 1 saturated carbocycles. The second kappa shape index (κ2) is 10.4. The van der Waals surface area contributed by atoms with Gasteiger partial charge in [0.05, 0.1) is 13.7 Å². The van der Waals surface area contributed by atoms with Crippen molar-refractivity contribution in [3.63, 3.8) is 0 Å². The van der Waals surface area contributed by atoms with Crippen LogP contribution >= 0.6 is 0 Å². The molecule has 2 heterocycles. The van der Waals surface area contributed by atoms with Crippen molar-refractivity contribution in [1.29, 1.82) is 0 Å². The van der Waals surface area contributed by atoms with Crippen LogP contribution in [-0.4, -0.2) is 52.4 Å². The molecule has 2 aromatic carbocycles. The summed E-state index contributed by atoms with van der Waals surface area (Å²) in [6, 6.07) is 16.6. The first-order chi connectivity index (χ1) is 17.1. The number of methoxy groups -OCH3 is 1. The third-order valence-electron chi connectivity index (χ3n) is 7.17. The Bertz CT molecular complexity index is 1130. The molecule has 1 aliphatic heterocycles. The van der Waals surface area contributed by atoms with E-state index in [0.29, 0.717) is 12.5 Å².